The lowest BCUT2D eigenvalue weighted by Crippen LogP contribution is -2.40. The Kier molecular flexibility index (Phi) is 2.59. The highest BCUT2D eigenvalue weighted by Crippen LogP contribution is 2.40. The molecule has 1 aromatic heterocycles. The molecule has 0 spiro atoms. The largest absolute Gasteiger partial charge is 0.331 e. The van der Waals surface area contributed by atoms with Gasteiger partial charge >= 0.3 is 0 Å². The molecule has 84 valence electrons. The summed E-state index contributed by atoms with van der Waals surface area (Å²) in [6, 6.07) is 0.710. The summed E-state index contributed by atoms with van der Waals surface area (Å²) in [5, 5.41) is 0. The minimum Gasteiger partial charge on any atom is -0.331 e. The molecule has 1 fully saturated rings. The van der Waals surface area contributed by atoms with E-state index in [9.17, 15) is 0 Å². The smallest absolute Gasteiger partial charge is 0.105 e. The van der Waals surface area contributed by atoms with E-state index in [4.69, 9.17) is 5.73 Å². The van der Waals surface area contributed by atoms with Crippen molar-refractivity contribution in [2.45, 2.75) is 52.1 Å². The third-order valence-corrected chi connectivity index (χ3v) is 3.63. The quantitative estimate of drug-likeness (QED) is 0.767. The second-order valence-electron chi connectivity index (χ2n) is 5.52. The number of aryl methyl sites for hydroxylation is 1. The van der Waals surface area contributed by atoms with E-state index < -0.39 is 0 Å². The molecule has 1 saturated carbocycles. The summed E-state index contributed by atoms with van der Waals surface area (Å²) in [5.41, 5.74) is 6.63. The lowest BCUT2D eigenvalue weighted by atomic mass is 9.73. The van der Waals surface area contributed by atoms with Crippen molar-refractivity contribution in [3.8, 4) is 0 Å². The Balaban J connectivity index is 2.24. The van der Waals surface area contributed by atoms with Crippen molar-refractivity contribution in [1.29, 1.82) is 0 Å². The van der Waals surface area contributed by atoms with Gasteiger partial charge in [-0.1, -0.05) is 13.8 Å². The Morgan fingerprint density at radius 2 is 2.27 bits per heavy atom. The number of nitrogens with zero attached hydrogens (tertiary/aromatic N) is 2. The SMILES string of the molecule is Cc1nccn1C1CC(C)(C)CCC1N. The third-order valence-electron chi connectivity index (χ3n) is 3.63. The summed E-state index contributed by atoms with van der Waals surface area (Å²) in [4.78, 5) is 4.28. The van der Waals surface area contributed by atoms with E-state index in [1.807, 2.05) is 13.1 Å². The van der Waals surface area contributed by atoms with Crippen LogP contribution in [0.1, 0.15) is 45.0 Å². The minimum absolute atomic E-state index is 0.283. The first-order valence-electron chi connectivity index (χ1n) is 5.75. The minimum atomic E-state index is 0.283. The molecular formula is C12H21N3. The number of aromatic nitrogens is 2. The molecular weight excluding hydrogens is 186 g/mol. The molecule has 0 radical (unpaired) electrons. The molecule has 3 nitrogen and oxygen atoms in total. The van der Waals surface area contributed by atoms with Crippen molar-refractivity contribution in [1.82, 2.24) is 9.55 Å². The molecule has 2 N–H and O–H groups in total. The highest BCUT2D eigenvalue weighted by molar-refractivity contribution is 4.99. The monoisotopic (exact) mass is 207 g/mol. The molecule has 0 aliphatic heterocycles. The summed E-state index contributed by atoms with van der Waals surface area (Å²) >= 11 is 0. The molecule has 3 heteroatoms. The van der Waals surface area contributed by atoms with Gasteiger partial charge in [-0.2, -0.15) is 0 Å². The number of nitrogens with two attached hydrogens (primary N) is 1. The normalized spacial score (nSPS) is 30.4. The van der Waals surface area contributed by atoms with Crippen LogP contribution in [0.3, 0.4) is 0 Å². The van der Waals surface area contributed by atoms with Gasteiger partial charge in [-0.25, -0.2) is 4.98 Å². The highest BCUT2D eigenvalue weighted by Gasteiger charge is 2.34. The summed E-state index contributed by atoms with van der Waals surface area (Å²) in [7, 11) is 0. The molecule has 1 aromatic rings. The van der Waals surface area contributed by atoms with Gasteiger partial charge in [0.1, 0.15) is 5.82 Å². The van der Waals surface area contributed by atoms with Crippen LogP contribution in [-0.2, 0) is 0 Å². The lowest BCUT2D eigenvalue weighted by molar-refractivity contribution is 0.160. The van der Waals surface area contributed by atoms with E-state index >= 15 is 0 Å². The molecule has 2 atom stereocenters. The summed E-state index contributed by atoms with van der Waals surface area (Å²) < 4.78 is 2.24. The van der Waals surface area contributed by atoms with Crippen molar-refractivity contribution in [2.24, 2.45) is 11.1 Å². The zero-order valence-electron chi connectivity index (χ0n) is 9.90. The Labute approximate surface area is 91.7 Å². The second-order valence-corrected chi connectivity index (χ2v) is 5.52. The summed E-state index contributed by atoms with van der Waals surface area (Å²) in [6.45, 7) is 6.71. The van der Waals surface area contributed by atoms with Gasteiger partial charge in [-0.3, -0.25) is 0 Å². The molecule has 0 saturated heterocycles. The van der Waals surface area contributed by atoms with E-state index in [2.05, 4.69) is 29.6 Å². The van der Waals surface area contributed by atoms with Gasteiger partial charge in [-0.15, -0.1) is 0 Å². The maximum atomic E-state index is 6.21. The summed E-state index contributed by atoms with van der Waals surface area (Å²) in [6.07, 6.45) is 7.43. The lowest BCUT2D eigenvalue weighted by Gasteiger charge is -2.40. The molecule has 0 amide bonds. The van der Waals surface area contributed by atoms with Crippen molar-refractivity contribution >= 4 is 0 Å². The van der Waals surface area contributed by atoms with Crippen molar-refractivity contribution in [3.05, 3.63) is 18.2 Å². The maximum absolute atomic E-state index is 6.21. The Morgan fingerprint density at radius 3 is 2.87 bits per heavy atom. The van der Waals surface area contributed by atoms with Gasteiger partial charge in [0, 0.05) is 18.4 Å². The molecule has 0 aromatic carbocycles. The standard InChI is InChI=1S/C12H21N3/c1-9-14-6-7-15(9)11-8-12(2,3)5-4-10(11)13/h6-7,10-11H,4-5,8,13H2,1-3H3. The molecule has 1 aliphatic carbocycles. The van der Waals surface area contributed by atoms with Gasteiger partial charge in [0.05, 0.1) is 6.04 Å². The highest BCUT2D eigenvalue weighted by atomic mass is 15.1. The van der Waals surface area contributed by atoms with Crippen LogP contribution in [0, 0.1) is 12.3 Å². The fourth-order valence-corrected chi connectivity index (χ4v) is 2.61. The third kappa shape index (κ3) is 2.07. The van der Waals surface area contributed by atoms with E-state index in [1.165, 1.54) is 6.42 Å². The van der Waals surface area contributed by atoms with Gasteiger partial charge in [0.2, 0.25) is 0 Å². The fourth-order valence-electron chi connectivity index (χ4n) is 2.61. The first-order valence-corrected chi connectivity index (χ1v) is 5.75. The van der Waals surface area contributed by atoms with E-state index in [0.717, 1.165) is 18.7 Å². The van der Waals surface area contributed by atoms with Crippen LogP contribution in [0.5, 0.6) is 0 Å². The van der Waals surface area contributed by atoms with Crippen LogP contribution in [-0.4, -0.2) is 15.6 Å². The predicted octanol–water partition coefficient (Wildman–Crippen LogP) is 2.27. The Morgan fingerprint density at radius 1 is 1.53 bits per heavy atom. The number of rotatable bonds is 1. The van der Waals surface area contributed by atoms with Crippen LogP contribution < -0.4 is 5.73 Å². The molecule has 2 rings (SSSR count). The molecule has 2 unspecified atom stereocenters. The fraction of sp³-hybridized carbons (Fsp3) is 0.750. The molecule has 15 heavy (non-hydrogen) atoms. The van der Waals surface area contributed by atoms with Crippen molar-refractivity contribution in [2.75, 3.05) is 0 Å². The average Bonchev–Trinajstić information content (AvgIpc) is 2.56. The predicted molar refractivity (Wildman–Crippen MR) is 61.6 cm³/mol. The first-order chi connectivity index (χ1) is 6.99. The molecule has 0 bridgehead atoms. The average molecular weight is 207 g/mol. The van der Waals surface area contributed by atoms with Crippen LogP contribution >= 0.6 is 0 Å². The van der Waals surface area contributed by atoms with E-state index in [0.29, 0.717) is 11.5 Å². The van der Waals surface area contributed by atoms with Gasteiger partial charge in [0.15, 0.2) is 0 Å². The van der Waals surface area contributed by atoms with Crippen molar-refractivity contribution < 1.29 is 0 Å². The number of imidazole rings is 1. The van der Waals surface area contributed by atoms with Gasteiger partial charge in [0.25, 0.3) is 0 Å². The number of hydrogen-bond acceptors (Lipinski definition) is 2. The van der Waals surface area contributed by atoms with Crippen LogP contribution in [0.2, 0.25) is 0 Å². The van der Waals surface area contributed by atoms with Crippen LogP contribution in [0.4, 0.5) is 0 Å². The van der Waals surface area contributed by atoms with Gasteiger partial charge in [-0.05, 0) is 31.6 Å². The zero-order chi connectivity index (χ0) is 11.1. The second kappa shape index (κ2) is 3.63. The van der Waals surface area contributed by atoms with Crippen molar-refractivity contribution in [3.63, 3.8) is 0 Å². The topological polar surface area (TPSA) is 43.8 Å². The van der Waals surface area contributed by atoms with Crippen LogP contribution in [0.15, 0.2) is 12.4 Å². The summed E-state index contributed by atoms with van der Waals surface area (Å²) in [5.74, 6) is 1.08. The zero-order valence-corrected chi connectivity index (χ0v) is 9.90. The Bertz CT molecular complexity index is 340. The Hall–Kier alpha value is -0.830. The maximum Gasteiger partial charge on any atom is 0.105 e. The molecule has 1 heterocycles. The van der Waals surface area contributed by atoms with E-state index in [-0.39, 0.29) is 6.04 Å². The van der Waals surface area contributed by atoms with Gasteiger partial charge < -0.3 is 10.3 Å². The molecule has 1 aliphatic rings. The number of hydrogen-bond donors (Lipinski definition) is 1. The first kappa shape index (κ1) is 10.7. The van der Waals surface area contributed by atoms with Crippen LogP contribution in [0.25, 0.3) is 0 Å². The van der Waals surface area contributed by atoms with E-state index in [1.54, 1.807) is 0 Å².